The van der Waals surface area contributed by atoms with Crippen LogP contribution < -0.4 is 14.8 Å². The summed E-state index contributed by atoms with van der Waals surface area (Å²) in [5.41, 5.74) is -0.214. The van der Waals surface area contributed by atoms with Gasteiger partial charge < -0.3 is 24.1 Å². The first-order valence-corrected chi connectivity index (χ1v) is 9.03. The van der Waals surface area contributed by atoms with Gasteiger partial charge in [-0.15, -0.1) is 0 Å². The van der Waals surface area contributed by atoms with Crippen molar-refractivity contribution < 1.29 is 33.6 Å². The summed E-state index contributed by atoms with van der Waals surface area (Å²) in [5, 5.41) is 13.2. The number of amides is 1. The lowest BCUT2D eigenvalue weighted by Gasteiger charge is -2.28. The van der Waals surface area contributed by atoms with E-state index in [2.05, 4.69) is 10.3 Å². The molecule has 0 saturated carbocycles. The number of rotatable bonds is 6. The topological polar surface area (TPSA) is 116 Å². The predicted octanol–water partition coefficient (Wildman–Crippen LogP) is 2.99. The molecule has 1 atom stereocenters. The predicted molar refractivity (Wildman–Crippen MR) is 105 cm³/mol. The van der Waals surface area contributed by atoms with Crippen molar-refractivity contribution in [3.63, 3.8) is 0 Å². The van der Waals surface area contributed by atoms with Crippen molar-refractivity contribution in [3.8, 4) is 11.6 Å². The number of alkyl carbamates (subject to hydrolysis) is 1. The SMILES string of the molecule is CCOC(=O)c1ccc(O[C@@](C)(O)NC(=O)OC(C)(C)C)c2nc(OC)ccc12. The monoisotopic (exact) mass is 406 g/mol. The van der Waals surface area contributed by atoms with Crippen LogP contribution in [0, 0.1) is 0 Å². The molecule has 0 bridgehead atoms. The Kier molecular flexibility index (Phi) is 6.53. The molecule has 1 aromatic heterocycles. The third-order valence-corrected chi connectivity index (χ3v) is 3.54. The highest BCUT2D eigenvalue weighted by molar-refractivity contribution is 6.05. The van der Waals surface area contributed by atoms with E-state index in [1.165, 1.54) is 26.2 Å². The van der Waals surface area contributed by atoms with Crippen molar-refractivity contribution in [1.29, 1.82) is 0 Å². The van der Waals surface area contributed by atoms with Gasteiger partial charge in [-0.1, -0.05) is 0 Å². The Bertz CT molecular complexity index is 904. The Morgan fingerprint density at radius 2 is 1.83 bits per heavy atom. The van der Waals surface area contributed by atoms with Gasteiger partial charge >= 0.3 is 12.1 Å². The van der Waals surface area contributed by atoms with Crippen molar-refractivity contribution in [1.82, 2.24) is 10.3 Å². The van der Waals surface area contributed by atoms with Crippen LogP contribution >= 0.6 is 0 Å². The molecule has 0 aliphatic rings. The number of carbonyl (C=O) groups is 2. The van der Waals surface area contributed by atoms with Gasteiger partial charge in [0.25, 0.3) is 5.91 Å². The normalized spacial score (nSPS) is 13.3. The molecule has 0 saturated heterocycles. The van der Waals surface area contributed by atoms with E-state index in [1.54, 1.807) is 39.8 Å². The van der Waals surface area contributed by atoms with E-state index < -0.39 is 23.6 Å². The van der Waals surface area contributed by atoms with Gasteiger partial charge in [0.05, 0.1) is 19.3 Å². The molecule has 2 N–H and O–H groups in total. The molecule has 0 radical (unpaired) electrons. The third-order valence-electron chi connectivity index (χ3n) is 3.54. The number of fused-ring (bicyclic) bond motifs is 1. The van der Waals surface area contributed by atoms with Gasteiger partial charge in [0, 0.05) is 18.4 Å². The van der Waals surface area contributed by atoms with Crippen LogP contribution in [-0.4, -0.2) is 47.4 Å². The summed E-state index contributed by atoms with van der Waals surface area (Å²) in [6, 6.07) is 6.17. The van der Waals surface area contributed by atoms with Crippen LogP contribution in [0.4, 0.5) is 4.79 Å². The van der Waals surface area contributed by atoms with Gasteiger partial charge in [0.1, 0.15) is 11.1 Å². The highest BCUT2D eigenvalue weighted by atomic mass is 16.7. The molecule has 9 nitrogen and oxygen atoms in total. The van der Waals surface area contributed by atoms with Crippen LogP contribution in [0.5, 0.6) is 11.6 Å². The summed E-state index contributed by atoms with van der Waals surface area (Å²) in [7, 11) is 1.45. The summed E-state index contributed by atoms with van der Waals surface area (Å²) >= 11 is 0. The number of aliphatic hydroxyl groups is 1. The molecule has 0 spiro atoms. The minimum atomic E-state index is -2.11. The number of nitrogens with zero attached hydrogens (tertiary/aromatic N) is 1. The van der Waals surface area contributed by atoms with Gasteiger partial charge in [-0.3, -0.25) is 5.32 Å². The van der Waals surface area contributed by atoms with Crippen LogP contribution in [0.1, 0.15) is 45.0 Å². The second-order valence-corrected chi connectivity index (χ2v) is 7.29. The zero-order chi connectivity index (χ0) is 21.8. The minimum Gasteiger partial charge on any atom is -0.481 e. The zero-order valence-electron chi connectivity index (χ0n) is 17.4. The quantitative estimate of drug-likeness (QED) is 0.556. The van der Waals surface area contributed by atoms with Gasteiger partial charge in [-0.2, -0.15) is 0 Å². The highest BCUT2D eigenvalue weighted by Gasteiger charge is 2.30. The van der Waals surface area contributed by atoms with Crippen molar-refractivity contribution in [3.05, 3.63) is 29.8 Å². The number of pyridine rings is 1. The molecular weight excluding hydrogens is 380 g/mol. The van der Waals surface area contributed by atoms with Crippen LogP contribution in [-0.2, 0) is 9.47 Å². The third kappa shape index (κ3) is 5.95. The van der Waals surface area contributed by atoms with E-state index >= 15 is 0 Å². The molecule has 0 aliphatic carbocycles. The molecule has 2 aromatic rings. The smallest absolute Gasteiger partial charge is 0.412 e. The number of hydrogen-bond acceptors (Lipinski definition) is 8. The summed E-state index contributed by atoms with van der Waals surface area (Å²) in [5.74, 6) is -2.23. The fourth-order valence-electron chi connectivity index (χ4n) is 2.49. The van der Waals surface area contributed by atoms with Crippen LogP contribution in [0.2, 0.25) is 0 Å². The van der Waals surface area contributed by atoms with Gasteiger partial charge in [0.15, 0.2) is 5.75 Å². The highest BCUT2D eigenvalue weighted by Crippen LogP contribution is 2.31. The molecule has 9 heteroatoms. The lowest BCUT2D eigenvalue weighted by atomic mass is 10.1. The molecular formula is C20H26N2O7. The van der Waals surface area contributed by atoms with Crippen molar-refractivity contribution >= 4 is 23.0 Å². The molecule has 1 heterocycles. The summed E-state index contributed by atoms with van der Waals surface area (Å²) in [4.78, 5) is 28.5. The number of carbonyl (C=O) groups excluding carboxylic acids is 2. The first-order chi connectivity index (χ1) is 13.5. The molecule has 1 amide bonds. The van der Waals surface area contributed by atoms with Gasteiger partial charge in [-0.05, 0) is 45.9 Å². The van der Waals surface area contributed by atoms with Crippen LogP contribution in [0.25, 0.3) is 10.9 Å². The molecule has 158 valence electrons. The summed E-state index contributed by atoms with van der Waals surface area (Å²) in [6.45, 7) is 8.25. The largest absolute Gasteiger partial charge is 0.481 e. The lowest BCUT2D eigenvalue weighted by Crippen LogP contribution is -2.52. The van der Waals surface area contributed by atoms with E-state index in [4.69, 9.17) is 18.9 Å². The first-order valence-electron chi connectivity index (χ1n) is 9.03. The molecule has 1 aromatic carbocycles. The van der Waals surface area contributed by atoms with Crippen molar-refractivity contribution in [2.24, 2.45) is 0 Å². The fraction of sp³-hybridized carbons (Fsp3) is 0.450. The summed E-state index contributed by atoms with van der Waals surface area (Å²) < 4.78 is 20.9. The number of methoxy groups -OCH3 is 1. The Labute approximate surface area is 168 Å². The van der Waals surface area contributed by atoms with E-state index in [1.807, 2.05) is 0 Å². The Morgan fingerprint density at radius 1 is 1.14 bits per heavy atom. The first kappa shape index (κ1) is 22.2. The van der Waals surface area contributed by atoms with Crippen LogP contribution in [0.15, 0.2) is 24.3 Å². The maximum Gasteiger partial charge on any atom is 0.412 e. The standard InChI is InChI=1S/C20H26N2O7/c1-7-27-17(23)13-8-10-14(16-12(13)9-11-15(21-16)26-6)28-20(5,25)22-18(24)29-19(2,3)4/h8-11,25H,7H2,1-6H3,(H,22,24)/t20-/m1/s1. The average Bonchev–Trinajstić information content (AvgIpc) is 2.59. The van der Waals surface area contributed by atoms with E-state index in [0.717, 1.165) is 0 Å². The molecule has 0 fully saturated rings. The van der Waals surface area contributed by atoms with Crippen molar-refractivity contribution in [2.45, 2.75) is 46.1 Å². The number of benzene rings is 1. The van der Waals surface area contributed by atoms with Crippen molar-refractivity contribution in [2.75, 3.05) is 13.7 Å². The van der Waals surface area contributed by atoms with Gasteiger partial charge in [-0.25, -0.2) is 14.6 Å². The van der Waals surface area contributed by atoms with E-state index in [0.29, 0.717) is 5.39 Å². The maximum absolute atomic E-state index is 12.2. The zero-order valence-corrected chi connectivity index (χ0v) is 17.4. The Morgan fingerprint density at radius 3 is 2.41 bits per heavy atom. The minimum absolute atomic E-state index is 0.119. The second-order valence-electron chi connectivity index (χ2n) is 7.29. The number of hydrogen-bond donors (Lipinski definition) is 2. The Balaban J connectivity index is 2.40. The molecule has 0 unspecified atom stereocenters. The van der Waals surface area contributed by atoms with Crippen LogP contribution in [0.3, 0.4) is 0 Å². The summed E-state index contributed by atoms with van der Waals surface area (Å²) in [6.07, 6.45) is -0.861. The Hall–Kier alpha value is -3.07. The van der Waals surface area contributed by atoms with E-state index in [9.17, 15) is 14.7 Å². The molecule has 29 heavy (non-hydrogen) atoms. The van der Waals surface area contributed by atoms with E-state index in [-0.39, 0.29) is 29.3 Å². The number of nitrogens with one attached hydrogen (secondary N) is 1. The average molecular weight is 406 g/mol. The number of esters is 1. The van der Waals surface area contributed by atoms with Gasteiger partial charge in [0.2, 0.25) is 5.88 Å². The molecule has 0 aliphatic heterocycles. The second kappa shape index (κ2) is 8.52. The molecule has 2 rings (SSSR count). The fourth-order valence-corrected chi connectivity index (χ4v) is 2.49. The number of ether oxygens (including phenoxy) is 4. The lowest BCUT2D eigenvalue weighted by molar-refractivity contribution is -0.143. The maximum atomic E-state index is 12.2. The number of aromatic nitrogens is 1.